The van der Waals surface area contributed by atoms with Gasteiger partial charge >= 0.3 is 0 Å². The average Bonchev–Trinajstić information content (AvgIpc) is 4.05. The number of aromatic nitrogens is 3. The van der Waals surface area contributed by atoms with Gasteiger partial charge in [-0.05, 0) is 87.6 Å². The number of rotatable bonds is 14. The molecule has 3 aliphatic rings. The van der Waals surface area contributed by atoms with Gasteiger partial charge in [0.2, 0.25) is 17.7 Å². The number of carbonyl (C=O) groups excluding carboxylic acids is 4. The van der Waals surface area contributed by atoms with Crippen molar-refractivity contribution in [2.45, 2.75) is 77.0 Å². The second-order valence-electron chi connectivity index (χ2n) is 16.5. The number of piperidine rings is 1. The van der Waals surface area contributed by atoms with Crippen LogP contribution in [0.1, 0.15) is 49.9 Å². The Kier molecular flexibility index (Phi) is 13.6. The van der Waals surface area contributed by atoms with Crippen molar-refractivity contribution in [1.82, 2.24) is 44.9 Å². The predicted octanol–water partition coefficient (Wildman–Crippen LogP) is 3.51. The number of hydrogen-bond donors (Lipinski definition) is 2. The van der Waals surface area contributed by atoms with Crippen molar-refractivity contribution >= 4 is 56.1 Å². The molecule has 2 N–H and O–H groups in total. The SMILES string of the molecule is CN[C@@H](C)C(=O)N[C@@H](C)C(=O)N1CCN(C(=O)c2cc3cc(F)ccc3n2CC(=O)N2CCOCC2COc2cc(CN3CCC(Oc4ccnc5ccsc45)CC3)on2)[C@@H](C)C1. The van der Waals surface area contributed by atoms with E-state index in [-0.39, 0.29) is 80.9 Å². The van der Waals surface area contributed by atoms with E-state index in [2.05, 4.69) is 25.7 Å². The molecule has 336 valence electrons. The molecule has 8 rings (SSSR count). The van der Waals surface area contributed by atoms with Gasteiger partial charge in [0.25, 0.3) is 11.8 Å². The van der Waals surface area contributed by atoms with Gasteiger partial charge in [0.05, 0.1) is 42.1 Å². The van der Waals surface area contributed by atoms with Gasteiger partial charge in [-0.15, -0.1) is 11.3 Å². The fraction of sp³-hybridized carbons (Fsp3) is 0.500. The van der Waals surface area contributed by atoms with Crippen LogP contribution in [-0.4, -0.2) is 154 Å². The number of nitrogens with one attached hydrogen (secondary N) is 2. The number of ether oxygens (including phenoxy) is 3. The molecule has 4 aromatic heterocycles. The summed E-state index contributed by atoms with van der Waals surface area (Å²) in [6.45, 7) is 9.00. The Morgan fingerprint density at radius 1 is 1.00 bits per heavy atom. The number of likely N-dealkylation sites (N-methyl/N-ethyl adjacent to an activating group) is 1. The zero-order chi connectivity index (χ0) is 44.2. The monoisotopic (exact) mass is 887 g/mol. The number of fused-ring (bicyclic) bond motifs is 2. The zero-order valence-corrected chi connectivity index (χ0v) is 36.8. The maximum atomic E-state index is 14.5. The molecule has 0 spiro atoms. The summed E-state index contributed by atoms with van der Waals surface area (Å²) < 4.78 is 41.0. The van der Waals surface area contributed by atoms with Crippen LogP contribution in [0.4, 0.5) is 4.39 Å². The standard InChI is InChI=1S/C44H54FN9O8S/c1-27-22-51(43(57)29(3)48-42(56)28(2)46-4)14-15-52(27)44(58)37-20-30-19-31(45)5-6-36(30)54(37)24-40(55)53-16-17-59-25-32(53)26-60-39-21-34(62-49-39)23-50-12-8-33(9-13-50)61-38-7-11-47-35-10-18-63-41(35)38/h5-7,10-11,18-21,27-29,32-33,46H,8-9,12-17,22-26H2,1-4H3,(H,48,56)/t27-,28-,29-,32?/m0/s1. The van der Waals surface area contributed by atoms with Crippen LogP contribution in [0.3, 0.4) is 0 Å². The van der Waals surface area contributed by atoms with Crippen molar-refractivity contribution in [2.24, 2.45) is 0 Å². The summed E-state index contributed by atoms with van der Waals surface area (Å²) >= 11 is 1.63. The van der Waals surface area contributed by atoms with Gasteiger partial charge in [0.1, 0.15) is 42.6 Å². The molecule has 3 aliphatic heterocycles. The minimum Gasteiger partial charge on any atom is -0.489 e. The molecule has 19 heteroatoms. The summed E-state index contributed by atoms with van der Waals surface area (Å²) in [5.74, 6) is 0.267. The van der Waals surface area contributed by atoms with Crippen LogP contribution < -0.4 is 20.1 Å². The van der Waals surface area contributed by atoms with Gasteiger partial charge in [-0.1, -0.05) is 0 Å². The van der Waals surface area contributed by atoms with Gasteiger partial charge in [-0.2, -0.15) is 0 Å². The number of amides is 4. The smallest absolute Gasteiger partial charge is 0.270 e. The topological polar surface area (TPSA) is 177 Å². The lowest BCUT2D eigenvalue weighted by Gasteiger charge is -2.41. The first kappa shape index (κ1) is 44.0. The number of nitrogens with zero attached hydrogens (tertiary/aromatic N) is 7. The van der Waals surface area contributed by atoms with Crippen LogP contribution >= 0.6 is 11.3 Å². The summed E-state index contributed by atoms with van der Waals surface area (Å²) in [5.41, 5.74) is 1.72. The predicted molar refractivity (Wildman–Crippen MR) is 232 cm³/mol. The Morgan fingerprint density at radius 3 is 2.62 bits per heavy atom. The van der Waals surface area contributed by atoms with E-state index >= 15 is 0 Å². The van der Waals surface area contributed by atoms with E-state index in [9.17, 15) is 23.6 Å². The van der Waals surface area contributed by atoms with Gasteiger partial charge in [-0.3, -0.25) is 29.1 Å². The Labute approximate surface area is 368 Å². The first-order valence-corrected chi connectivity index (χ1v) is 22.4. The average molecular weight is 888 g/mol. The molecule has 0 radical (unpaired) electrons. The molecule has 5 aromatic rings. The molecule has 0 bridgehead atoms. The van der Waals surface area contributed by atoms with Crippen molar-refractivity contribution in [3.05, 3.63) is 71.3 Å². The molecular formula is C44H54FN9O8S. The first-order valence-electron chi connectivity index (χ1n) is 21.5. The number of benzene rings is 1. The van der Waals surface area contributed by atoms with E-state index in [1.807, 2.05) is 24.4 Å². The lowest BCUT2D eigenvalue weighted by Crippen LogP contribution is -2.59. The molecule has 1 aromatic carbocycles. The van der Waals surface area contributed by atoms with E-state index < -0.39 is 23.9 Å². The third kappa shape index (κ3) is 9.96. The molecule has 1 unspecified atom stereocenters. The maximum Gasteiger partial charge on any atom is 0.270 e. The highest BCUT2D eigenvalue weighted by Crippen LogP contribution is 2.31. The summed E-state index contributed by atoms with van der Waals surface area (Å²) in [5, 5.41) is 12.3. The number of carbonyl (C=O) groups is 4. The highest BCUT2D eigenvalue weighted by atomic mass is 32.1. The van der Waals surface area contributed by atoms with Gasteiger partial charge < -0.3 is 48.6 Å². The van der Waals surface area contributed by atoms with E-state index in [0.717, 1.165) is 41.9 Å². The summed E-state index contributed by atoms with van der Waals surface area (Å²) in [4.78, 5) is 65.9. The van der Waals surface area contributed by atoms with Crippen LogP contribution in [0.15, 0.2) is 58.6 Å². The number of morpholine rings is 1. The highest BCUT2D eigenvalue weighted by molar-refractivity contribution is 7.17. The summed E-state index contributed by atoms with van der Waals surface area (Å²) in [6.07, 6.45) is 3.65. The third-order valence-corrected chi connectivity index (χ3v) is 13.1. The van der Waals surface area contributed by atoms with Crippen molar-refractivity contribution in [3.8, 4) is 11.6 Å². The summed E-state index contributed by atoms with van der Waals surface area (Å²) in [7, 11) is 1.67. The van der Waals surface area contributed by atoms with Crippen LogP contribution in [0.5, 0.6) is 11.6 Å². The van der Waals surface area contributed by atoms with Crippen LogP contribution in [-0.2, 0) is 32.2 Å². The van der Waals surface area contributed by atoms with E-state index in [0.29, 0.717) is 42.2 Å². The number of halogens is 1. The van der Waals surface area contributed by atoms with E-state index in [1.54, 1.807) is 75.9 Å². The van der Waals surface area contributed by atoms with Gasteiger partial charge in [0.15, 0.2) is 5.76 Å². The minimum absolute atomic E-state index is 0.105. The number of piperazine rings is 1. The van der Waals surface area contributed by atoms with Crippen LogP contribution in [0, 0.1) is 5.82 Å². The molecule has 0 aliphatic carbocycles. The largest absolute Gasteiger partial charge is 0.489 e. The normalized spacial score (nSPS) is 19.9. The molecule has 63 heavy (non-hydrogen) atoms. The highest BCUT2D eigenvalue weighted by Gasteiger charge is 2.35. The lowest BCUT2D eigenvalue weighted by atomic mass is 10.1. The second kappa shape index (κ2) is 19.4. The number of thiophene rings is 1. The molecule has 7 heterocycles. The lowest BCUT2D eigenvalue weighted by molar-refractivity contribution is -0.141. The van der Waals surface area contributed by atoms with E-state index in [4.69, 9.17) is 18.7 Å². The number of pyridine rings is 1. The Bertz CT molecular complexity index is 2430. The van der Waals surface area contributed by atoms with Gasteiger partial charge in [-0.25, -0.2) is 4.39 Å². The van der Waals surface area contributed by atoms with E-state index in [1.165, 1.54) is 12.1 Å². The Morgan fingerprint density at radius 2 is 1.83 bits per heavy atom. The first-order chi connectivity index (χ1) is 30.4. The fourth-order valence-electron chi connectivity index (χ4n) is 8.49. The molecule has 0 saturated carbocycles. The molecule has 3 saturated heterocycles. The molecule has 4 amide bonds. The van der Waals surface area contributed by atoms with Crippen LogP contribution in [0.25, 0.3) is 21.1 Å². The number of likely N-dealkylation sites (tertiary alicyclic amines) is 1. The Balaban J connectivity index is 0.868. The number of hydrogen-bond acceptors (Lipinski definition) is 13. The van der Waals surface area contributed by atoms with Crippen molar-refractivity contribution in [2.75, 3.05) is 66.1 Å². The second-order valence-corrected chi connectivity index (χ2v) is 17.4. The molecular weight excluding hydrogens is 834 g/mol. The van der Waals surface area contributed by atoms with Crippen molar-refractivity contribution in [1.29, 1.82) is 0 Å². The maximum absolute atomic E-state index is 14.5. The molecule has 17 nitrogen and oxygen atoms in total. The minimum atomic E-state index is -0.744. The van der Waals surface area contributed by atoms with Gasteiger partial charge in [0, 0.05) is 68.5 Å². The third-order valence-electron chi connectivity index (χ3n) is 12.2. The summed E-state index contributed by atoms with van der Waals surface area (Å²) in [6, 6.07) is 9.51. The van der Waals surface area contributed by atoms with Crippen LogP contribution in [0.2, 0.25) is 0 Å². The van der Waals surface area contributed by atoms with Crippen molar-refractivity contribution < 1.29 is 42.3 Å². The zero-order valence-electron chi connectivity index (χ0n) is 36.0. The van der Waals surface area contributed by atoms with Crippen molar-refractivity contribution in [3.63, 3.8) is 0 Å². The Hall–Kier alpha value is -5.63. The molecule has 3 fully saturated rings. The quantitative estimate of drug-likeness (QED) is 0.166. The fourth-order valence-corrected chi connectivity index (χ4v) is 9.30. The molecule has 4 atom stereocenters.